The van der Waals surface area contributed by atoms with E-state index in [-0.39, 0.29) is 11.9 Å². The van der Waals surface area contributed by atoms with Crippen LogP contribution in [0.2, 0.25) is 0 Å². The van der Waals surface area contributed by atoms with Crippen LogP contribution >= 0.6 is 0 Å². The number of amides is 1. The van der Waals surface area contributed by atoms with Gasteiger partial charge in [0.1, 0.15) is 0 Å². The van der Waals surface area contributed by atoms with Crippen LogP contribution in [0.4, 0.5) is 0 Å². The number of carbonyl (C=O) groups excluding carboxylic acids is 1. The zero-order valence-electron chi connectivity index (χ0n) is 12.5. The third-order valence-electron chi connectivity index (χ3n) is 3.97. The van der Waals surface area contributed by atoms with Crippen LogP contribution in [0.3, 0.4) is 0 Å². The van der Waals surface area contributed by atoms with Crippen molar-refractivity contribution in [3.63, 3.8) is 0 Å². The fraction of sp³-hybridized carbons (Fsp3) is 0.933. The molecule has 1 fully saturated rings. The van der Waals surface area contributed by atoms with E-state index in [2.05, 4.69) is 12.2 Å². The first-order valence-corrected chi connectivity index (χ1v) is 7.69. The summed E-state index contributed by atoms with van der Waals surface area (Å²) in [5, 5.41) is 3.07. The van der Waals surface area contributed by atoms with Crippen molar-refractivity contribution in [3.05, 3.63) is 0 Å². The van der Waals surface area contributed by atoms with Crippen molar-refractivity contribution < 1.29 is 9.53 Å². The fourth-order valence-electron chi connectivity index (χ4n) is 2.98. The summed E-state index contributed by atoms with van der Waals surface area (Å²) in [4.78, 5) is 11.9. The minimum absolute atomic E-state index is 0.162. The molecule has 112 valence electrons. The lowest BCUT2D eigenvalue weighted by atomic mass is 9.83. The Hall–Kier alpha value is -0.610. The van der Waals surface area contributed by atoms with Crippen molar-refractivity contribution in [3.8, 4) is 0 Å². The highest BCUT2D eigenvalue weighted by Crippen LogP contribution is 2.26. The first-order valence-electron chi connectivity index (χ1n) is 7.69. The Labute approximate surface area is 117 Å². The fourth-order valence-corrected chi connectivity index (χ4v) is 2.98. The highest BCUT2D eigenvalue weighted by Gasteiger charge is 2.20. The molecule has 1 aliphatic carbocycles. The molecule has 0 spiro atoms. The Morgan fingerprint density at radius 1 is 1.47 bits per heavy atom. The molecule has 1 saturated carbocycles. The number of methoxy groups -OCH3 is 1. The van der Waals surface area contributed by atoms with Crippen LogP contribution < -0.4 is 11.1 Å². The summed E-state index contributed by atoms with van der Waals surface area (Å²) >= 11 is 0. The van der Waals surface area contributed by atoms with Gasteiger partial charge in [0.15, 0.2) is 0 Å². The standard InChI is InChI=1S/C15H30N2O2/c1-3-5-14(11-19-2)17-15(18)9-8-12-6-4-7-13(16)10-12/h12-14H,3-11,16H2,1-2H3,(H,17,18). The van der Waals surface area contributed by atoms with Gasteiger partial charge in [0.25, 0.3) is 0 Å². The lowest BCUT2D eigenvalue weighted by Gasteiger charge is -2.26. The molecular weight excluding hydrogens is 240 g/mol. The summed E-state index contributed by atoms with van der Waals surface area (Å²) in [6.07, 6.45) is 8.33. The normalized spacial score (nSPS) is 25.0. The molecule has 3 N–H and O–H groups in total. The van der Waals surface area contributed by atoms with Crippen molar-refractivity contribution in [1.82, 2.24) is 5.32 Å². The van der Waals surface area contributed by atoms with E-state index in [4.69, 9.17) is 10.5 Å². The first-order chi connectivity index (χ1) is 9.15. The van der Waals surface area contributed by atoms with E-state index in [1.807, 2.05) is 0 Å². The Morgan fingerprint density at radius 2 is 2.26 bits per heavy atom. The predicted molar refractivity (Wildman–Crippen MR) is 77.9 cm³/mol. The number of hydrogen-bond donors (Lipinski definition) is 2. The number of nitrogens with two attached hydrogens (primary N) is 1. The van der Waals surface area contributed by atoms with Crippen LogP contribution in [0, 0.1) is 5.92 Å². The lowest BCUT2D eigenvalue weighted by molar-refractivity contribution is -0.122. The number of hydrogen-bond acceptors (Lipinski definition) is 3. The van der Waals surface area contributed by atoms with Gasteiger partial charge < -0.3 is 15.8 Å². The van der Waals surface area contributed by atoms with Crippen LogP contribution in [0.5, 0.6) is 0 Å². The van der Waals surface area contributed by atoms with Crippen LogP contribution in [-0.2, 0) is 9.53 Å². The molecule has 0 bridgehead atoms. The van der Waals surface area contributed by atoms with Gasteiger partial charge in [-0.1, -0.05) is 26.2 Å². The Balaban J connectivity index is 2.22. The topological polar surface area (TPSA) is 64.3 Å². The molecule has 0 aromatic carbocycles. The van der Waals surface area contributed by atoms with E-state index in [0.29, 0.717) is 25.0 Å². The van der Waals surface area contributed by atoms with Gasteiger partial charge in [-0.25, -0.2) is 0 Å². The van der Waals surface area contributed by atoms with Gasteiger partial charge in [-0.2, -0.15) is 0 Å². The molecule has 0 heterocycles. The van der Waals surface area contributed by atoms with Crippen LogP contribution in [0.15, 0.2) is 0 Å². The average Bonchev–Trinajstić information content (AvgIpc) is 2.37. The maximum Gasteiger partial charge on any atom is 0.220 e. The summed E-state index contributed by atoms with van der Waals surface area (Å²) in [6, 6.07) is 0.513. The molecule has 0 radical (unpaired) electrons. The quantitative estimate of drug-likeness (QED) is 0.711. The maximum atomic E-state index is 11.9. The van der Waals surface area contributed by atoms with E-state index in [0.717, 1.165) is 32.1 Å². The molecule has 4 nitrogen and oxygen atoms in total. The summed E-state index contributed by atoms with van der Waals surface area (Å²) in [5.41, 5.74) is 5.97. The second-order valence-corrected chi connectivity index (χ2v) is 5.84. The van der Waals surface area contributed by atoms with Gasteiger partial charge in [-0.3, -0.25) is 4.79 Å². The molecule has 19 heavy (non-hydrogen) atoms. The number of carbonyl (C=O) groups is 1. The van der Waals surface area contributed by atoms with Crippen molar-refractivity contribution >= 4 is 5.91 Å². The molecular formula is C15H30N2O2. The van der Waals surface area contributed by atoms with E-state index in [9.17, 15) is 4.79 Å². The Morgan fingerprint density at radius 3 is 2.89 bits per heavy atom. The zero-order valence-corrected chi connectivity index (χ0v) is 12.5. The van der Waals surface area contributed by atoms with Gasteiger partial charge in [0, 0.05) is 19.6 Å². The first kappa shape index (κ1) is 16.4. The maximum absolute atomic E-state index is 11.9. The third-order valence-corrected chi connectivity index (χ3v) is 3.97. The van der Waals surface area contributed by atoms with Gasteiger partial charge in [-0.15, -0.1) is 0 Å². The highest BCUT2D eigenvalue weighted by atomic mass is 16.5. The van der Waals surface area contributed by atoms with E-state index >= 15 is 0 Å². The monoisotopic (exact) mass is 270 g/mol. The summed E-state index contributed by atoms with van der Waals surface area (Å²) < 4.78 is 5.13. The van der Waals surface area contributed by atoms with E-state index < -0.39 is 0 Å². The molecule has 0 aromatic rings. The predicted octanol–water partition coefficient (Wildman–Crippen LogP) is 2.22. The highest BCUT2D eigenvalue weighted by molar-refractivity contribution is 5.76. The number of ether oxygens (including phenoxy) is 1. The van der Waals surface area contributed by atoms with Crippen molar-refractivity contribution in [2.75, 3.05) is 13.7 Å². The van der Waals surface area contributed by atoms with Gasteiger partial charge in [-0.05, 0) is 31.6 Å². The molecule has 1 rings (SSSR count). The van der Waals surface area contributed by atoms with Gasteiger partial charge in [0.05, 0.1) is 12.6 Å². The average molecular weight is 270 g/mol. The van der Waals surface area contributed by atoms with E-state index in [1.54, 1.807) is 7.11 Å². The molecule has 1 amide bonds. The lowest BCUT2D eigenvalue weighted by Crippen LogP contribution is -2.38. The van der Waals surface area contributed by atoms with Gasteiger partial charge >= 0.3 is 0 Å². The van der Waals surface area contributed by atoms with Crippen molar-refractivity contribution in [1.29, 1.82) is 0 Å². The second kappa shape index (κ2) is 9.32. The van der Waals surface area contributed by atoms with Gasteiger partial charge in [0.2, 0.25) is 5.91 Å². The molecule has 1 aliphatic rings. The largest absolute Gasteiger partial charge is 0.383 e. The van der Waals surface area contributed by atoms with Crippen LogP contribution in [0.25, 0.3) is 0 Å². The summed E-state index contributed by atoms with van der Waals surface area (Å²) in [5.74, 6) is 0.802. The van der Waals surface area contributed by atoms with Crippen molar-refractivity contribution in [2.24, 2.45) is 11.7 Å². The number of nitrogens with one attached hydrogen (secondary N) is 1. The molecule has 0 saturated heterocycles. The molecule has 3 unspecified atom stereocenters. The molecule has 0 aliphatic heterocycles. The van der Waals surface area contributed by atoms with Crippen LogP contribution in [-0.4, -0.2) is 31.7 Å². The van der Waals surface area contributed by atoms with E-state index in [1.165, 1.54) is 12.8 Å². The molecule has 0 aromatic heterocycles. The third kappa shape index (κ3) is 6.92. The van der Waals surface area contributed by atoms with Crippen LogP contribution in [0.1, 0.15) is 58.3 Å². The smallest absolute Gasteiger partial charge is 0.220 e. The minimum atomic E-state index is 0.162. The molecule has 4 heteroatoms. The Bertz CT molecular complexity index is 253. The SMILES string of the molecule is CCCC(COC)NC(=O)CCC1CCCC(N)C1. The number of rotatable bonds is 8. The summed E-state index contributed by atoms with van der Waals surface area (Å²) in [7, 11) is 1.68. The molecule has 3 atom stereocenters. The van der Waals surface area contributed by atoms with Crippen molar-refractivity contribution in [2.45, 2.75) is 70.4 Å². The Kier molecular flexibility index (Phi) is 8.07. The second-order valence-electron chi connectivity index (χ2n) is 5.84. The minimum Gasteiger partial charge on any atom is -0.383 e. The zero-order chi connectivity index (χ0) is 14.1. The summed E-state index contributed by atoms with van der Waals surface area (Å²) in [6.45, 7) is 2.73.